The van der Waals surface area contributed by atoms with Gasteiger partial charge in [0.1, 0.15) is 0 Å². The highest BCUT2D eigenvalue weighted by Crippen LogP contribution is 2.30. The molecule has 0 aromatic heterocycles. The van der Waals surface area contributed by atoms with Crippen LogP contribution in [-0.2, 0) is 9.59 Å². The van der Waals surface area contributed by atoms with Crippen LogP contribution in [0.25, 0.3) is 6.08 Å². The highest BCUT2D eigenvalue weighted by atomic mass is 32.2. The van der Waals surface area contributed by atoms with E-state index in [-0.39, 0.29) is 35.6 Å². The molecule has 1 saturated heterocycles. The lowest BCUT2D eigenvalue weighted by Gasteiger charge is -2.12. The molecule has 1 aliphatic rings. The van der Waals surface area contributed by atoms with Crippen molar-refractivity contribution in [2.75, 3.05) is 11.9 Å². The Morgan fingerprint density at radius 2 is 1.74 bits per heavy atom. The first-order valence-electron chi connectivity index (χ1n) is 9.54. The second-order valence-electron chi connectivity index (χ2n) is 6.66. The van der Waals surface area contributed by atoms with E-state index in [4.69, 9.17) is 5.11 Å². The molecular formula is C23H20N2O5S. The molecule has 31 heavy (non-hydrogen) atoms. The van der Waals surface area contributed by atoms with Gasteiger partial charge < -0.3 is 10.4 Å². The third-order valence-corrected chi connectivity index (χ3v) is 5.34. The Balaban J connectivity index is 1.47. The molecule has 3 amide bonds. The number of nitrogens with zero attached hydrogens (tertiary/aromatic N) is 1. The summed E-state index contributed by atoms with van der Waals surface area (Å²) >= 11 is 0.881. The van der Waals surface area contributed by atoms with Gasteiger partial charge >= 0.3 is 5.97 Å². The van der Waals surface area contributed by atoms with Gasteiger partial charge in [0.25, 0.3) is 11.1 Å². The summed E-state index contributed by atoms with van der Waals surface area (Å²) in [7, 11) is 0. The van der Waals surface area contributed by atoms with Crippen LogP contribution in [0.15, 0.2) is 71.7 Å². The van der Waals surface area contributed by atoms with E-state index in [1.165, 1.54) is 24.3 Å². The van der Waals surface area contributed by atoms with Crippen LogP contribution < -0.4 is 5.32 Å². The fourth-order valence-electron chi connectivity index (χ4n) is 2.84. The third-order valence-electron chi connectivity index (χ3n) is 4.41. The standard InChI is InChI=1S/C23H20N2O5S/c26-20(24-18-13-11-17(12-14-18)22(28)29)10-5-15-25-21(27)19(31-23(25)30)9-4-8-16-6-2-1-3-7-16/h1-4,6-9,11-14H,5,10,15H2,(H,24,26)(H,28,29). The smallest absolute Gasteiger partial charge is 0.335 e. The Kier molecular flexibility index (Phi) is 7.40. The largest absolute Gasteiger partial charge is 0.478 e. The molecule has 7 nitrogen and oxygen atoms in total. The van der Waals surface area contributed by atoms with Crippen molar-refractivity contribution in [2.24, 2.45) is 0 Å². The van der Waals surface area contributed by atoms with Crippen LogP contribution in [0.1, 0.15) is 28.8 Å². The number of nitrogens with one attached hydrogen (secondary N) is 1. The highest BCUT2D eigenvalue weighted by Gasteiger charge is 2.34. The first kappa shape index (κ1) is 22.0. The lowest BCUT2D eigenvalue weighted by atomic mass is 10.2. The highest BCUT2D eigenvalue weighted by molar-refractivity contribution is 8.18. The van der Waals surface area contributed by atoms with E-state index in [0.29, 0.717) is 17.0 Å². The maximum Gasteiger partial charge on any atom is 0.335 e. The van der Waals surface area contributed by atoms with Gasteiger partial charge in [-0.15, -0.1) is 0 Å². The molecule has 1 fully saturated rings. The number of hydrogen-bond acceptors (Lipinski definition) is 5. The molecule has 1 aliphatic heterocycles. The van der Waals surface area contributed by atoms with Crippen molar-refractivity contribution in [1.29, 1.82) is 0 Å². The zero-order valence-electron chi connectivity index (χ0n) is 16.5. The van der Waals surface area contributed by atoms with Crippen LogP contribution >= 0.6 is 11.8 Å². The normalized spacial score (nSPS) is 15.1. The summed E-state index contributed by atoms with van der Waals surface area (Å²) in [4.78, 5) is 49.0. The van der Waals surface area contributed by atoms with Crippen molar-refractivity contribution >= 4 is 46.5 Å². The Hall–Kier alpha value is -3.65. The molecule has 0 bridgehead atoms. The minimum Gasteiger partial charge on any atom is -0.478 e. The van der Waals surface area contributed by atoms with E-state index in [1.54, 1.807) is 12.2 Å². The summed E-state index contributed by atoms with van der Waals surface area (Å²) in [5.74, 6) is -1.69. The average molecular weight is 436 g/mol. The van der Waals surface area contributed by atoms with Crippen molar-refractivity contribution in [1.82, 2.24) is 4.90 Å². The predicted molar refractivity (Wildman–Crippen MR) is 120 cm³/mol. The van der Waals surface area contributed by atoms with Gasteiger partial charge in [0, 0.05) is 18.7 Å². The molecule has 2 aromatic rings. The molecular weight excluding hydrogens is 416 g/mol. The summed E-state index contributed by atoms with van der Waals surface area (Å²) < 4.78 is 0. The maximum atomic E-state index is 12.4. The van der Waals surface area contributed by atoms with E-state index >= 15 is 0 Å². The van der Waals surface area contributed by atoms with Gasteiger partial charge in [-0.2, -0.15) is 0 Å². The molecule has 0 aliphatic carbocycles. The Morgan fingerprint density at radius 1 is 1.03 bits per heavy atom. The van der Waals surface area contributed by atoms with Crippen molar-refractivity contribution < 1.29 is 24.3 Å². The number of allylic oxidation sites excluding steroid dienone is 2. The second kappa shape index (κ2) is 10.4. The number of thioether (sulfide) groups is 1. The number of hydrogen-bond donors (Lipinski definition) is 2. The fourth-order valence-corrected chi connectivity index (χ4v) is 3.65. The summed E-state index contributed by atoms with van der Waals surface area (Å²) in [6.07, 6.45) is 5.64. The summed E-state index contributed by atoms with van der Waals surface area (Å²) in [6, 6.07) is 15.4. The molecule has 2 aromatic carbocycles. The van der Waals surface area contributed by atoms with Crippen LogP contribution in [-0.4, -0.2) is 39.6 Å². The Labute approximate surface area is 183 Å². The van der Waals surface area contributed by atoms with Crippen LogP contribution in [0.5, 0.6) is 0 Å². The first-order valence-corrected chi connectivity index (χ1v) is 10.4. The predicted octanol–water partition coefficient (Wildman–Crippen LogP) is 4.40. The van der Waals surface area contributed by atoms with Crippen LogP contribution in [0.2, 0.25) is 0 Å². The van der Waals surface area contributed by atoms with E-state index in [0.717, 1.165) is 22.2 Å². The van der Waals surface area contributed by atoms with E-state index in [9.17, 15) is 19.2 Å². The van der Waals surface area contributed by atoms with Crippen LogP contribution in [0.4, 0.5) is 10.5 Å². The maximum absolute atomic E-state index is 12.4. The van der Waals surface area contributed by atoms with Gasteiger partial charge in [0.15, 0.2) is 0 Å². The minimum absolute atomic E-state index is 0.120. The average Bonchev–Trinajstić information content (AvgIpc) is 3.02. The van der Waals surface area contributed by atoms with Crippen molar-refractivity contribution in [3.8, 4) is 0 Å². The molecule has 3 rings (SSSR count). The zero-order chi connectivity index (χ0) is 22.2. The summed E-state index contributed by atoms with van der Waals surface area (Å²) in [6.45, 7) is 0.149. The zero-order valence-corrected chi connectivity index (χ0v) is 17.3. The van der Waals surface area contributed by atoms with Crippen molar-refractivity contribution in [2.45, 2.75) is 12.8 Å². The number of carbonyl (C=O) groups is 4. The number of anilines is 1. The lowest BCUT2D eigenvalue weighted by molar-refractivity contribution is -0.123. The van der Waals surface area contributed by atoms with Crippen LogP contribution in [0.3, 0.4) is 0 Å². The number of benzene rings is 2. The molecule has 158 valence electrons. The van der Waals surface area contributed by atoms with E-state index in [1.807, 2.05) is 36.4 Å². The van der Waals surface area contributed by atoms with Crippen molar-refractivity contribution in [3.05, 3.63) is 82.8 Å². The molecule has 1 heterocycles. The quantitative estimate of drug-likeness (QED) is 0.595. The number of rotatable bonds is 8. The third kappa shape index (κ3) is 6.16. The molecule has 0 saturated carbocycles. The number of aromatic carboxylic acids is 1. The Bertz CT molecular complexity index is 1050. The van der Waals surface area contributed by atoms with Gasteiger partial charge in [-0.3, -0.25) is 19.3 Å². The monoisotopic (exact) mass is 436 g/mol. The SMILES string of the molecule is O=C(CCCN1C(=O)SC(=CC=Cc2ccccc2)C1=O)Nc1ccc(C(=O)O)cc1. The first-order chi connectivity index (χ1) is 14.9. The van der Waals surface area contributed by atoms with Gasteiger partial charge in [-0.25, -0.2) is 4.79 Å². The molecule has 0 spiro atoms. The number of imide groups is 1. The number of amides is 3. The van der Waals surface area contributed by atoms with E-state index < -0.39 is 5.97 Å². The van der Waals surface area contributed by atoms with Crippen molar-refractivity contribution in [3.63, 3.8) is 0 Å². The molecule has 2 N–H and O–H groups in total. The molecule has 8 heteroatoms. The molecule has 0 atom stereocenters. The number of carboxylic acids is 1. The van der Waals surface area contributed by atoms with Gasteiger partial charge in [-0.05, 0) is 54.1 Å². The molecule has 0 radical (unpaired) electrons. The minimum atomic E-state index is -1.04. The Morgan fingerprint density at radius 3 is 2.42 bits per heavy atom. The van der Waals surface area contributed by atoms with Gasteiger partial charge in [-0.1, -0.05) is 42.5 Å². The van der Waals surface area contributed by atoms with Gasteiger partial charge in [0.2, 0.25) is 5.91 Å². The fraction of sp³-hybridized carbons (Fsp3) is 0.130. The number of carboxylic acid groups (broad SMARTS) is 1. The lowest BCUT2D eigenvalue weighted by Crippen LogP contribution is -2.29. The summed E-state index contributed by atoms with van der Waals surface area (Å²) in [5, 5.41) is 11.2. The number of carbonyl (C=O) groups excluding carboxylic acids is 3. The van der Waals surface area contributed by atoms with E-state index in [2.05, 4.69) is 5.32 Å². The summed E-state index contributed by atoms with van der Waals surface area (Å²) in [5.41, 5.74) is 1.60. The molecule has 0 unspecified atom stereocenters. The second-order valence-corrected chi connectivity index (χ2v) is 7.65. The van der Waals surface area contributed by atoms with Crippen LogP contribution in [0, 0.1) is 0 Å². The topological polar surface area (TPSA) is 104 Å². The van der Waals surface area contributed by atoms with Gasteiger partial charge in [0.05, 0.1) is 10.5 Å².